The standard InChI is InChI=1S/C21H19N5O3/c27-21(15-3-5-18-19(12-15)29-14-28-18)26-10-8-25(9-11-26)20-6-4-17(23-24-20)16-2-1-7-22-13-16/h1-7,12-13H,8-11,14H2. The Morgan fingerprint density at radius 1 is 0.931 bits per heavy atom. The van der Waals surface area contributed by atoms with Crippen molar-refractivity contribution in [1.82, 2.24) is 20.1 Å². The van der Waals surface area contributed by atoms with Crippen molar-refractivity contribution in [3.8, 4) is 22.8 Å². The van der Waals surface area contributed by atoms with Gasteiger partial charge in [-0.2, -0.15) is 0 Å². The van der Waals surface area contributed by atoms with E-state index in [0.717, 1.165) is 17.1 Å². The summed E-state index contributed by atoms with van der Waals surface area (Å²) in [6.45, 7) is 2.86. The number of carbonyl (C=O) groups is 1. The smallest absolute Gasteiger partial charge is 0.254 e. The number of hydrogen-bond acceptors (Lipinski definition) is 7. The number of hydrogen-bond donors (Lipinski definition) is 0. The Hall–Kier alpha value is -3.68. The van der Waals surface area contributed by atoms with E-state index >= 15 is 0 Å². The monoisotopic (exact) mass is 389 g/mol. The molecule has 0 unspecified atom stereocenters. The van der Waals surface area contributed by atoms with Gasteiger partial charge in [0.15, 0.2) is 17.3 Å². The van der Waals surface area contributed by atoms with Crippen LogP contribution in [0.4, 0.5) is 5.82 Å². The molecule has 0 spiro atoms. The van der Waals surface area contributed by atoms with Crippen molar-refractivity contribution in [2.24, 2.45) is 0 Å². The molecule has 8 nitrogen and oxygen atoms in total. The van der Waals surface area contributed by atoms with Gasteiger partial charge in [-0.05, 0) is 42.5 Å². The van der Waals surface area contributed by atoms with Gasteiger partial charge < -0.3 is 19.3 Å². The number of ether oxygens (including phenoxy) is 2. The third-order valence-corrected chi connectivity index (χ3v) is 5.12. The highest BCUT2D eigenvalue weighted by atomic mass is 16.7. The highest BCUT2D eigenvalue weighted by Gasteiger charge is 2.24. The molecule has 0 radical (unpaired) electrons. The lowest BCUT2D eigenvalue weighted by molar-refractivity contribution is 0.0746. The highest BCUT2D eigenvalue weighted by Crippen LogP contribution is 2.33. The zero-order chi connectivity index (χ0) is 19.6. The van der Waals surface area contributed by atoms with Gasteiger partial charge in [0.25, 0.3) is 5.91 Å². The fourth-order valence-electron chi connectivity index (χ4n) is 3.51. The molecule has 3 aromatic rings. The summed E-state index contributed by atoms with van der Waals surface area (Å²) in [7, 11) is 0. The van der Waals surface area contributed by atoms with E-state index in [2.05, 4.69) is 20.1 Å². The summed E-state index contributed by atoms with van der Waals surface area (Å²) in [6, 6.07) is 13.1. The first-order chi connectivity index (χ1) is 14.3. The predicted molar refractivity (Wildman–Crippen MR) is 106 cm³/mol. The number of pyridine rings is 1. The van der Waals surface area contributed by atoms with Crippen LogP contribution in [-0.2, 0) is 0 Å². The molecule has 1 saturated heterocycles. The Balaban J connectivity index is 1.23. The molecule has 29 heavy (non-hydrogen) atoms. The summed E-state index contributed by atoms with van der Waals surface area (Å²) in [4.78, 5) is 20.9. The van der Waals surface area contributed by atoms with Crippen LogP contribution < -0.4 is 14.4 Å². The summed E-state index contributed by atoms with van der Waals surface area (Å²) in [5.74, 6) is 2.12. The molecular weight excluding hydrogens is 370 g/mol. The number of piperazine rings is 1. The summed E-state index contributed by atoms with van der Waals surface area (Å²) >= 11 is 0. The van der Waals surface area contributed by atoms with Crippen molar-refractivity contribution in [3.63, 3.8) is 0 Å². The van der Waals surface area contributed by atoms with Gasteiger partial charge in [0.2, 0.25) is 6.79 Å². The summed E-state index contributed by atoms with van der Waals surface area (Å²) in [5.41, 5.74) is 2.34. The van der Waals surface area contributed by atoms with Gasteiger partial charge in [-0.25, -0.2) is 0 Å². The third-order valence-electron chi connectivity index (χ3n) is 5.12. The van der Waals surface area contributed by atoms with Crippen molar-refractivity contribution in [2.75, 3.05) is 37.9 Å². The first-order valence-corrected chi connectivity index (χ1v) is 9.46. The maximum absolute atomic E-state index is 12.8. The van der Waals surface area contributed by atoms with E-state index in [1.807, 2.05) is 29.2 Å². The van der Waals surface area contributed by atoms with Gasteiger partial charge in [0.05, 0.1) is 5.69 Å². The van der Waals surface area contributed by atoms with Crippen LogP contribution in [0.3, 0.4) is 0 Å². The largest absolute Gasteiger partial charge is 0.454 e. The van der Waals surface area contributed by atoms with Crippen LogP contribution in [0.5, 0.6) is 11.5 Å². The molecule has 8 heteroatoms. The van der Waals surface area contributed by atoms with E-state index < -0.39 is 0 Å². The van der Waals surface area contributed by atoms with E-state index in [0.29, 0.717) is 43.2 Å². The van der Waals surface area contributed by atoms with E-state index in [1.165, 1.54) is 0 Å². The van der Waals surface area contributed by atoms with Gasteiger partial charge in [-0.3, -0.25) is 9.78 Å². The minimum absolute atomic E-state index is 0.000889. The van der Waals surface area contributed by atoms with Gasteiger partial charge in [0, 0.05) is 49.7 Å². The molecule has 1 aromatic carbocycles. The Bertz CT molecular complexity index is 1020. The van der Waals surface area contributed by atoms with Crippen molar-refractivity contribution < 1.29 is 14.3 Å². The second-order valence-electron chi connectivity index (χ2n) is 6.87. The molecular formula is C21H19N5O3. The predicted octanol–water partition coefficient (Wildman–Crippen LogP) is 2.23. The van der Waals surface area contributed by atoms with Crippen LogP contribution in [0.15, 0.2) is 54.9 Å². The highest BCUT2D eigenvalue weighted by molar-refractivity contribution is 5.95. The van der Waals surface area contributed by atoms with Crippen molar-refractivity contribution in [3.05, 3.63) is 60.4 Å². The molecule has 2 aromatic heterocycles. The van der Waals surface area contributed by atoms with E-state index in [-0.39, 0.29) is 12.7 Å². The second-order valence-corrected chi connectivity index (χ2v) is 6.87. The first-order valence-electron chi connectivity index (χ1n) is 9.46. The lowest BCUT2D eigenvalue weighted by Crippen LogP contribution is -2.49. The number of carbonyl (C=O) groups excluding carboxylic acids is 1. The van der Waals surface area contributed by atoms with E-state index in [1.54, 1.807) is 30.6 Å². The van der Waals surface area contributed by atoms with Crippen LogP contribution in [-0.4, -0.2) is 59.0 Å². The van der Waals surface area contributed by atoms with Crippen molar-refractivity contribution in [2.45, 2.75) is 0 Å². The topological polar surface area (TPSA) is 80.7 Å². The fourth-order valence-corrected chi connectivity index (χ4v) is 3.51. The zero-order valence-electron chi connectivity index (χ0n) is 15.7. The number of amides is 1. The lowest BCUT2D eigenvalue weighted by atomic mass is 10.1. The molecule has 0 N–H and O–H groups in total. The molecule has 1 fully saturated rings. The van der Waals surface area contributed by atoms with Crippen molar-refractivity contribution in [1.29, 1.82) is 0 Å². The number of fused-ring (bicyclic) bond motifs is 1. The molecule has 4 heterocycles. The third kappa shape index (κ3) is 3.44. The average molecular weight is 389 g/mol. The molecule has 0 aliphatic carbocycles. The SMILES string of the molecule is O=C(c1ccc2c(c1)OCO2)N1CCN(c2ccc(-c3cccnc3)nn2)CC1. The molecule has 5 rings (SSSR count). The average Bonchev–Trinajstić information content (AvgIpc) is 3.27. The normalized spacial score (nSPS) is 15.4. The van der Waals surface area contributed by atoms with Gasteiger partial charge in [-0.1, -0.05) is 0 Å². The van der Waals surface area contributed by atoms with E-state index in [9.17, 15) is 4.79 Å². The van der Waals surface area contributed by atoms with Gasteiger partial charge in [-0.15, -0.1) is 10.2 Å². The molecule has 2 aliphatic heterocycles. The van der Waals surface area contributed by atoms with Crippen LogP contribution in [0, 0.1) is 0 Å². The quantitative estimate of drug-likeness (QED) is 0.679. The molecule has 0 saturated carbocycles. The first kappa shape index (κ1) is 17.4. The summed E-state index contributed by atoms with van der Waals surface area (Å²) < 4.78 is 10.7. The van der Waals surface area contributed by atoms with Crippen LogP contribution >= 0.6 is 0 Å². The zero-order valence-corrected chi connectivity index (χ0v) is 15.7. The maximum atomic E-state index is 12.8. The molecule has 146 valence electrons. The Morgan fingerprint density at radius 2 is 1.79 bits per heavy atom. The molecule has 0 bridgehead atoms. The van der Waals surface area contributed by atoms with Crippen LogP contribution in [0.1, 0.15) is 10.4 Å². The number of anilines is 1. The molecule has 2 aliphatic rings. The number of aromatic nitrogens is 3. The molecule has 1 amide bonds. The lowest BCUT2D eigenvalue weighted by Gasteiger charge is -2.35. The summed E-state index contributed by atoms with van der Waals surface area (Å²) in [5, 5.41) is 8.68. The summed E-state index contributed by atoms with van der Waals surface area (Å²) in [6.07, 6.45) is 3.50. The Labute approximate surface area is 167 Å². The van der Waals surface area contributed by atoms with Gasteiger partial charge in [0.1, 0.15) is 0 Å². The maximum Gasteiger partial charge on any atom is 0.254 e. The Kier molecular flexibility index (Phi) is 4.44. The van der Waals surface area contributed by atoms with Gasteiger partial charge >= 0.3 is 0 Å². The number of rotatable bonds is 3. The van der Waals surface area contributed by atoms with Crippen molar-refractivity contribution >= 4 is 11.7 Å². The molecule has 0 atom stereocenters. The van der Waals surface area contributed by atoms with Crippen LogP contribution in [0.25, 0.3) is 11.3 Å². The second kappa shape index (κ2) is 7.38. The fraction of sp³-hybridized carbons (Fsp3) is 0.238. The van der Waals surface area contributed by atoms with Crippen LogP contribution in [0.2, 0.25) is 0 Å². The number of benzene rings is 1. The minimum Gasteiger partial charge on any atom is -0.454 e. The number of nitrogens with zero attached hydrogens (tertiary/aromatic N) is 5. The van der Waals surface area contributed by atoms with E-state index in [4.69, 9.17) is 9.47 Å². The minimum atomic E-state index is 0.000889. The Morgan fingerprint density at radius 3 is 2.55 bits per heavy atom.